The summed E-state index contributed by atoms with van der Waals surface area (Å²) in [5.41, 5.74) is 7.57. The molecule has 4 aliphatic rings. The summed E-state index contributed by atoms with van der Waals surface area (Å²) in [6.07, 6.45) is 2.34. The van der Waals surface area contributed by atoms with Crippen molar-refractivity contribution >= 4 is 22.3 Å². The Morgan fingerprint density at radius 3 is 2.62 bits per heavy atom. The molecule has 1 spiro atoms. The molecule has 0 aromatic rings. The van der Waals surface area contributed by atoms with Crippen LogP contribution < -0.4 is 11.2 Å². The van der Waals surface area contributed by atoms with Crippen molar-refractivity contribution in [2.24, 2.45) is 11.1 Å². The van der Waals surface area contributed by atoms with Crippen molar-refractivity contribution in [3.63, 3.8) is 0 Å². The molecule has 4 N–H and O–H groups in total. The van der Waals surface area contributed by atoms with Gasteiger partial charge in [0.2, 0.25) is 0 Å². The molecule has 0 aromatic heterocycles. The molecule has 0 radical (unpaired) electrons. The molecular weight excluding hydrogens is 344 g/mol. The third kappa shape index (κ3) is 2.63. The second-order valence-corrected chi connectivity index (χ2v) is 7.89. The summed E-state index contributed by atoms with van der Waals surface area (Å²) in [5.74, 6) is -0.471. The van der Waals surface area contributed by atoms with Crippen molar-refractivity contribution in [1.82, 2.24) is 15.4 Å². The number of hydrogen-bond donors (Lipinski definition) is 3. The van der Waals surface area contributed by atoms with Crippen LogP contribution in [0.5, 0.6) is 0 Å². The fourth-order valence-corrected chi connectivity index (χ4v) is 3.95. The van der Waals surface area contributed by atoms with Gasteiger partial charge in [-0.2, -0.15) is 13.5 Å². The van der Waals surface area contributed by atoms with Gasteiger partial charge in [-0.1, -0.05) is 0 Å². The Hall–Kier alpha value is -1.47. The first-order chi connectivity index (χ1) is 11.2. The van der Waals surface area contributed by atoms with E-state index in [0.29, 0.717) is 17.9 Å². The van der Waals surface area contributed by atoms with Gasteiger partial charge in [-0.3, -0.25) is 14.2 Å². The van der Waals surface area contributed by atoms with E-state index in [1.54, 1.807) is 0 Å². The lowest BCUT2D eigenvalue weighted by Crippen LogP contribution is -2.53. The largest absolute Gasteiger partial charge is 0.418 e. The molecule has 2 heterocycles. The van der Waals surface area contributed by atoms with E-state index in [-0.39, 0.29) is 24.1 Å². The highest BCUT2D eigenvalue weighted by molar-refractivity contribution is 7.80. The van der Waals surface area contributed by atoms with E-state index in [0.717, 1.165) is 12.8 Å². The Morgan fingerprint density at radius 2 is 2.08 bits per heavy atom. The van der Waals surface area contributed by atoms with E-state index in [4.69, 9.17) is 15.1 Å². The van der Waals surface area contributed by atoms with E-state index < -0.39 is 34.4 Å². The molecule has 3 amide bonds. The SMILES string of the molecule is NC1CC1ONC(=O)[C@@H]1CC2(CC2)[C@@H]2CN1C(=O)N2OS(=O)(=O)O. The topological polar surface area (TPSA) is 151 Å². The molecule has 4 rings (SSSR count). The molecule has 2 bridgehead atoms. The molecule has 2 saturated heterocycles. The summed E-state index contributed by atoms with van der Waals surface area (Å²) in [4.78, 5) is 31.2. The maximum atomic E-state index is 12.4. The first kappa shape index (κ1) is 16.0. The van der Waals surface area contributed by atoms with Crippen molar-refractivity contribution < 1.29 is 31.7 Å². The second-order valence-electron chi connectivity index (χ2n) is 6.88. The summed E-state index contributed by atoms with van der Waals surface area (Å²) in [6, 6.07) is -2.14. The Balaban J connectivity index is 1.50. The fourth-order valence-electron chi connectivity index (χ4n) is 3.58. The number of rotatable bonds is 5. The number of fused-ring (bicyclic) bond motifs is 3. The number of urea groups is 1. The third-order valence-electron chi connectivity index (χ3n) is 5.23. The highest BCUT2D eigenvalue weighted by Crippen LogP contribution is 2.59. The van der Waals surface area contributed by atoms with E-state index >= 15 is 0 Å². The lowest BCUT2D eigenvalue weighted by Gasteiger charge is -2.35. The van der Waals surface area contributed by atoms with Crippen LogP contribution in [0.1, 0.15) is 25.7 Å². The quantitative estimate of drug-likeness (QED) is 0.396. The number of amides is 3. The minimum absolute atomic E-state index is 0.0946. The van der Waals surface area contributed by atoms with Gasteiger partial charge in [0, 0.05) is 12.6 Å². The van der Waals surface area contributed by atoms with Crippen LogP contribution in [-0.2, 0) is 24.3 Å². The predicted octanol–water partition coefficient (Wildman–Crippen LogP) is -1.47. The molecule has 24 heavy (non-hydrogen) atoms. The van der Waals surface area contributed by atoms with Gasteiger partial charge in [0.25, 0.3) is 5.91 Å². The summed E-state index contributed by atoms with van der Waals surface area (Å²) in [6.45, 7) is 0.162. The summed E-state index contributed by atoms with van der Waals surface area (Å²) < 4.78 is 35.3. The first-order valence-electron chi connectivity index (χ1n) is 7.68. The molecule has 2 saturated carbocycles. The van der Waals surface area contributed by atoms with Gasteiger partial charge >= 0.3 is 16.4 Å². The molecule has 134 valence electrons. The van der Waals surface area contributed by atoms with Gasteiger partial charge in [0.15, 0.2) is 0 Å². The van der Waals surface area contributed by atoms with Crippen LogP contribution in [0.25, 0.3) is 0 Å². The van der Waals surface area contributed by atoms with Gasteiger partial charge < -0.3 is 10.6 Å². The zero-order valence-electron chi connectivity index (χ0n) is 12.6. The highest BCUT2D eigenvalue weighted by Gasteiger charge is 2.65. The molecule has 2 unspecified atom stereocenters. The van der Waals surface area contributed by atoms with Gasteiger partial charge in [0.1, 0.15) is 12.1 Å². The highest BCUT2D eigenvalue weighted by atomic mass is 32.3. The molecular formula is C12H18N4O7S. The van der Waals surface area contributed by atoms with Crippen molar-refractivity contribution in [3.8, 4) is 0 Å². The number of nitrogens with zero attached hydrogens (tertiary/aromatic N) is 2. The Labute approximate surface area is 137 Å². The van der Waals surface area contributed by atoms with Crippen LogP contribution in [0.15, 0.2) is 0 Å². The molecule has 2 aliphatic carbocycles. The van der Waals surface area contributed by atoms with Gasteiger partial charge in [-0.25, -0.2) is 10.3 Å². The number of piperidine rings is 1. The lowest BCUT2D eigenvalue weighted by atomic mass is 9.85. The van der Waals surface area contributed by atoms with Crippen LogP contribution in [0.2, 0.25) is 0 Å². The monoisotopic (exact) mass is 362 g/mol. The zero-order chi connectivity index (χ0) is 17.3. The van der Waals surface area contributed by atoms with Crippen molar-refractivity contribution in [1.29, 1.82) is 0 Å². The standard InChI is InChI=1S/C12H18N4O7S/c13-6-3-8(6)22-14-10(17)7-4-12(1-2-12)9-5-15(7)11(18)16(9)23-24(19,20)21/h6-9H,1-5,13H2,(H,14,17)(H,19,20,21)/t6?,7-,8?,9-/m0/s1. The fraction of sp³-hybridized carbons (Fsp3) is 0.833. The van der Waals surface area contributed by atoms with Crippen molar-refractivity contribution in [2.45, 2.75) is 49.9 Å². The van der Waals surface area contributed by atoms with Gasteiger partial charge in [0.05, 0.1) is 6.04 Å². The van der Waals surface area contributed by atoms with Crippen LogP contribution in [0.4, 0.5) is 4.79 Å². The molecule has 12 heteroatoms. The number of hydroxylamine groups is 3. The van der Waals surface area contributed by atoms with Crippen LogP contribution >= 0.6 is 0 Å². The lowest BCUT2D eigenvalue weighted by molar-refractivity contribution is -0.141. The van der Waals surface area contributed by atoms with Gasteiger partial charge in [-0.15, -0.1) is 4.28 Å². The van der Waals surface area contributed by atoms with Crippen molar-refractivity contribution in [3.05, 3.63) is 0 Å². The number of nitrogens with two attached hydrogens (primary N) is 1. The predicted molar refractivity (Wildman–Crippen MR) is 76.0 cm³/mol. The third-order valence-corrected chi connectivity index (χ3v) is 5.58. The Bertz CT molecular complexity index is 694. The van der Waals surface area contributed by atoms with Crippen LogP contribution in [-0.4, -0.2) is 65.6 Å². The molecule has 4 atom stereocenters. The number of carbonyl (C=O) groups is 2. The molecule has 0 aromatic carbocycles. The minimum atomic E-state index is -4.82. The van der Waals surface area contributed by atoms with Crippen LogP contribution in [0.3, 0.4) is 0 Å². The molecule has 2 aliphatic heterocycles. The maximum Gasteiger partial charge on any atom is 0.418 e. The van der Waals surface area contributed by atoms with E-state index in [1.165, 1.54) is 4.90 Å². The summed E-state index contributed by atoms with van der Waals surface area (Å²) >= 11 is 0. The Morgan fingerprint density at radius 1 is 1.42 bits per heavy atom. The number of hydrogen-bond acceptors (Lipinski definition) is 7. The number of carbonyl (C=O) groups excluding carboxylic acids is 2. The molecule has 4 fully saturated rings. The minimum Gasteiger partial charge on any atom is -0.325 e. The summed E-state index contributed by atoms with van der Waals surface area (Å²) in [7, 11) is -4.82. The summed E-state index contributed by atoms with van der Waals surface area (Å²) in [5, 5.41) is 0.674. The maximum absolute atomic E-state index is 12.4. The number of nitrogens with one attached hydrogen (secondary N) is 1. The smallest absolute Gasteiger partial charge is 0.325 e. The Kier molecular flexibility index (Phi) is 3.35. The zero-order valence-corrected chi connectivity index (χ0v) is 13.4. The average Bonchev–Trinajstić information content (AvgIpc) is 3.39. The van der Waals surface area contributed by atoms with Crippen molar-refractivity contribution in [2.75, 3.05) is 6.54 Å². The average molecular weight is 362 g/mol. The van der Waals surface area contributed by atoms with E-state index in [1.807, 2.05) is 0 Å². The first-order valence-corrected chi connectivity index (χ1v) is 9.05. The molecule has 11 nitrogen and oxygen atoms in total. The van der Waals surface area contributed by atoms with Crippen LogP contribution in [0, 0.1) is 5.41 Å². The van der Waals surface area contributed by atoms with E-state index in [2.05, 4.69) is 9.76 Å². The normalized spacial score (nSPS) is 36.2. The second kappa shape index (κ2) is 5.02. The van der Waals surface area contributed by atoms with E-state index in [9.17, 15) is 18.0 Å². The van der Waals surface area contributed by atoms with Gasteiger partial charge in [-0.05, 0) is 31.1 Å².